The van der Waals surface area contributed by atoms with E-state index in [4.69, 9.17) is 4.74 Å². The highest BCUT2D eigenvalue weighted by atomic mass is 32.2. The first-order valence-corrected chi connectivity index (χ1v) is 10.5. The maximum Gasteiger partial charge on any atom is 0.271 e. The van der Waals surface area contributed by atoms with Crippen molar-refractivity contribution in [2.45, 2.75) is 24.7 Å². The summed E-state index contributed by atoms with van der Waals surface area (Å²) in [4.78, 5) is 25.0. The van der Waals surface area contributed by atoms with Gasteiger partial charge in [0, 0.05) is 30.5 Å². The van der Waals surface area contributed by atoms with Gasteiger partial charge in [-0.3, -0.25) is 14.9 Å². The summed E-state index contributed by atoms with van der Waals surface area (Å²) in [6.07, 6.45) is 2.45. The lowest BCUT2D eigenvalue weighted by Crippen LogP contribution is -2.36. The van der Waals surface area contributed by atoms with Crippen LogP contribution in [-0.4, -0.2) is 39.2 Å². The predicted octanol–water partition coefficient (Wildman–Crippen LogP) is 2.91. The summed E-state index contributed by atoms with van der Waals surface area (Å²) < 4.78 is 29.3. The average Bonchev–Trinajstić information content (AvgIpc) is 2.66. The zero-order valence-corrected chi connectivity index (χ0v) is 16.6. The number of methoxy groups -OCH3 is 1. The number of amides is 1. The van der Waals surface area contributed by atoms with E-state index in [9.17, 15) is 23.3 Å². The summed E-state index contributed by atoms with van der Waals surface area (Å²) >= 11 is 0. The van der Waals surface area contributed by atoms with Gasteiger partial charge in [-0.15, -0.1) is 0 Å². The molecule has 0 N–H and O–H groups in total. The molecule has 2 aromatic rings. The molecule has 0 aromatic heterocycles. The van der Waals surface area contributed by atoms with Crippen LogP contribution in [0.15, 0.2) is 35.2 Å². The van der Waals surface area contributed by atoms with Crippen molar-refractivity contribution in [1.29, 1.82) is 0 Å². The minimum Gasteiger partial charge on any atom is -0.495 e. The van der Waals surface area contributed by atoms with E-state index in [-0.39, 0.29) is 10.5 Å². The fraction of sp³-hybridized carbons (Fsp3) is 0.316. The smallest absolute Gasteiger partial charge is 0.271 e. The third-order valence-electron chi connectivity index (χ3n) is 4.80. The van der Waals surface area contributed by atoms with Gasteiger partial charge in [-0.2, -0.15) is 0 Å². The molecule has 3 rings (SSSR count). The van der Waals surface area contributed by atoms with Gasteiger partial charge in [-0.25, -0.2) is 8.42 Å². The molecule has 0 saturated heterocycles. The highest BCUT2D eigenvalue weighted by Gasteiger charge is 2.29. The van der Waals surface area contributed by atoms with Gasteiger partial charge in [0.25, 0.3) is 11.6 Å². The number of hydrogen-bond acceptors (Lipinski definition) is 6. The number of nitro benzene ring substituents is 1. The molecular weight excluding hydrogens is 384 g/mol. The van der Waals surface area contributed by atoms with Gasteiger partial charge in [0.15, 0.2) is 9.84 Å². The second-order valence-corrected chi connectivity index (χ2v) is 8.73. The lowest BCUT2D eigenvalue weighted by atomic mass is 9.95. The van der Waals surface area contributed by atoms with E-state index in [2.05, 4.69) is 0 Å². The minimum absolute atomic E-state index is 0.0500. The molecule has 0 saturated carbocycles. The van der Waals surface area contributed by atoms with Gasteiger partial charge >= 0.3 is 0 Å². The van der Waals surface area contributed by atoms with Crippen LogP contribution in [0.4, 0.5) is 11.4 Å². The Morgan fingerprint density at radius 3 is 2.57 bits per heavy atom. The third-order valence-corrected chi connectivity index (χ3v) is 5.89. The van der Waals surface area contributed by atoms with E-state index < -0.39 is 26.4 Å². The molecule has 2 aromatic carbocycles. The van der Waals surface area contributed by atoms with E-state index in [0.29, 0.717) is 18.0 Å². The number of fused-ring (bicyclic) bond motifs is 1. The highest BCUT2D eigenvalue weighted by molar-refractivity contribution is 7.90. The number of rotatable bonds is 4. The van der Waals surface area contributed by atoms with Gasteiger partial charge in [0.05, 0.1) is 22.6 Å². The molecule has 1 amide bonds. The zero-order valence-electron chi connectivity index (χ0n) is 15.8. The fourth-order valence-electron chi connectivity index (χ4n) is 3.40. The Hall–Kier alpha value is -2.94. The molecule has 0 spiro atoms. The van der Waals surface area contributed by atoms with Crippen LogP contribution in [0.25, 0.3) is 0 Å². The van der Waals surface area contributed by atoms with Crippen molar-refractivity contribution < 1.29 is 22.9 Å². The van der Waals surface area contributed by atoms with Crippen LogP contribution in [0.3, 0.4) is 0 Å². The number of carbonyl (C=O) groups is 1. The molecule has 0 bridgehead atoms. The minimum atomic E-state index is -3.73. The SMILES string of the molecule is COc1ccc(C)c2c1N(C(=O)c1cc([N+](=O)[O-])cc(S(C)(=O)=O)c1)CCC2. The van der Waals surface area contributed by atoms with Crippen LogP contribution >= 0.6 is 0 Å². The van der Waals surface area contributed by atoms with Crippen molar-refractivity contribution >= 4 is 27.1 Å². The summed E-state index contributed by atoms with van der Waals surface area (Å²) in [7, 11) is -2.21. The standard InChI is InChI=1S/C19H20N2O6S/c1-12-6-7-17(27-2)18-16(12)5-4-8-20(18)19(22)13-9-14(21(23)24)11-15(10-13)28(3,25)26/h6-7,9-11H,4-5,8H2,1-3H3. The number of carbonyl (C=O) groups excluding carboxylic acids is 1. The number of nitro groups is 1. The second kappa shape index (κ2) is 7.23. The van der Waals surface area contributed by atoms with Crippen molar-refractivity contribution in [1.82, 2.24) is 0 Å². The van der Waals surface area contributed by atoms with Crippen molar-refractivity contribution in [2.24, 2.45) is 0 Å². The van der Waals surface area contributed by atoms with E-state index in [1.807, 2.05) is 13.0 Å². The highest BCUT2D eigenvalue weighted by Crippen LogP contribution is 2.39. The van der Waals surface area contributed by atoms with E-state index >= 15 is 0 Å². The molecule has 1 aliphatic heterocycles. The number of nitrogens with zero attached hydrogens (tertiary/aromatic N) is 2. The average molecular weight is 404 g/mol. The first-order valence-electron chi connectivity index (χ1n) is 8.61. The molecule has 0 radical (unpaired) electrons. The molecule has 1 aliphatic rings. The van der Waals surface area contributed by atoms with Crippen LogP contribution in [0.1, 0.15) is 27.9 Å². The lowest BCUT2D eigenvalue weighted by Gasteiger charge is -2.32. The Morgan fingerprint density at radius 2 is 1.96 bits per heavy atom. The Kier molecular flexibility index (Phi) is 5.12. The van der Waals surface area contributed by atoms with Crippen molar-refractivity contribution in [3.63, 3.8) is 0 Å². The van der Waals surface area contributed by atoms with Crippen molar-refractivity contribution in [3.8, 4) is 5.75 Å². The molecule has 28 heavy (non-hydrogen) atoms. The molecule has 9 heteroatoms. The number of ether oxygens (including phenoxy) is 1. The number of anilines is 1. The Balaban J connectivity index is 2.16. The van der Waals surface area contributed by atoms with Crippen LogP contribution in [0.2, 0.25) is 0 Å². The quantitative estimate of drug-likeness (QED) is 0.573. The first kappa shape index (κ1) is 19.8. The number of aryl methyl sites for hydroxylation is 1. The van der Waals surface area contributed by atoms with Crippen LogP contribution in [0.5, 0.6) is 5.75 Å². The van der Waals surface area contributed by atoms with Gasteiger partial charge in [-0.1, -0.05) is 6.07 Å². The summed E-state index contributed by atoms with van der Waals surface area (Å²) in [5.74, 6) is 0.0286. The maximum atomic E-state index is 13.2. The summed E-state index contributed by atoms with van der Waals surface area (Å²) in [6.45, 7) is 2.35. The van der Waals surface area contributed by atoms with Crippen LogP contribution < -0.4 is 9.64 Å². The van der Waals surface area contributed by atoms with Crippen LogP contribution in [-0.2, 0) is 16.3 Å². The number of benzene rings is 2. The lowest BCUT2D eigenvalue weighted by molar-refractivity contribution is -0.385. The third kappa shape index (κ3) is 3.57. The Labute approximate surface area is 162 Å². The summed E-state index contributed by atoms with van der Waals surface area (Å²) in [6, 6.07) is 6.94. The fourth-order valence-corrected chi connectivity index (χ4v) is 4.08. The Bertz CT molecular complexity index is 1080. The first-order chi connectivity index (χ1) is 13.1. The van der Waals surface area contributed by atoms with Gasteiger partial charge in [0.2, 0.25) is 0 Å². The second-order valence-electron chi connectivity index (χ2n) is 6.72. The van der Waals surface area contributed by atoms with Gasteiger partial charge in [0.1, 0.15) is 5.75 Å². The predicted molar refractivity (Wildman–Crippen MR) is 104 cm³/mol. The Morgan fingerprint density at radius 1 is 1.25 bits per heavy atom. The topological polar surface area (TPSA) is 107 Å². The molecule has 0 aliphatic carbocycles. The number of non-ortho nitro benzene ring substituents is 1. The molecule has 0 fully saturated rings. The van der Waals surface area contributed by atoms with Gasteiger partial charge < -0.3 is 9.64 Å². The van der Waals surface area contributed by atoms with E-state index in [0.717, 1.165) is 42.4 Å². The van der Waals surface area contributed by atoms with Crippen molar-refractivity contribution in [3.05, 3.63) is 57.1 Å². The summed E-state index contributed by atoms with van der Waals surface area (Å²) in [5, 5.41) is 11.2. The normalized spacial score (nSPS) is 13.8. The number of hydrogen-bond donors (Lipinski definition) is 0. The van der Waals surface area contributed by atoms with Crippen LogP contribution in [0, 0.1) is 17.0 Å². The monoisotopic (exact) mass is 404 g/mol. The van der Waals surface area contributed by atoms with Gasteiger partial charge in [-0.05, 0) is 43.0 Å². The molecule has 8 nitrogen and oxygen atoms in total. The molecule has 0 atom stereocenters. The largest absolute Gasteiger partial charge is 0.495 e. The van der Waals surface area contributed by atoms with E-state index in [1.165, 1.54) is 18.1 Å². The molecule has 0 unspecified atom stereocenters. The van der Waals surface area contributed by atoms with Crippen molar-refractivity contribution in [2.75, 3.05) is 24.8 Å². The molecule has 148 valence electrons. The number of sulfone groups is 1. The maximum absolute atomic E-state index is 13.2. The summed E-state index contributed by atoms with van der Waals surface area (Å²) in [5.41, 5.74) is 2.13. The zero-order chi connectivity index (χ0) is 20.6. The van der Waals surface area contributed by atoms with E-state index in [1.54, 1.807) is 6.07 Å². The molecule has 1 heterocycles. The molecular formula is C19H20N2O6S.